The second-order valence-corrected chi connectivity index (χ2v) is 6.17. The fourth-order valence-corrected chi connectivity index (χ4v) is 2.85. The summed E-state index contributed by atoms with van der Waals surface area (Å²) in [7, 11) is 0. The Kier molecular flexibility index (Phi) is 5.90. The Morgan fingerprint density at radius 3 is 2.24 bits per heavy atom. The normalized spacial score (nSPS) is 13.1. The third-order valence-electron chi connectivity index (χ3n) is 2.62. The fraction of sp³-hybridized carbons (Fsp3) is 0.0714. The van der Waals surface area contributed by atoms with Crippen molar-refractivity contribution in [3.8, 4) is 0 Å². The zero-order valence-corrected chi connectivity index (χ0v) is 14.4. The molecule has 0 amide bonds. The van der Waals surface area contributed by atoms with Gasteiger partial charge in [-0.2, -0.15) is 5.10 Å². The van der Waals surface area contributed by atoms with E-state index in [1.807, 2.05) is 18.2 Å². The van der Waals surface area contributed by atoms with Crippen molar-refractivity contribution in [1.82, 2.24) is 0 Å². The summed E-state index contributed by atoms with van der Waals surface area (Å²) in [6.07, 6.45) is -0.886. The molecule has 0 spiro atoms. The maximum atomic E-state index is 10.1. The van der Waals surface area contributed by atoms with Crippen LogP contribution >= 0.6 is 50.7 Å². The number of rotatable bonds is 4. The molecule has 2 N–H and O–H groups in total. The summed E-state index contributed by atoms with van der Waals surface area (Å²) in [5, 5.41) is 15.3. The van der Waals surface area contributed by atoms with Gasteiger partial charge in [0.2, 0.25) is 0 Å². The van der Waals surface area contributed by atoms with E-state index in [9.17, 15) is 5.11 Å². The van der Waals surface area contributed by atoms with Gasteiger partial charge in [-0.25, -0.2) is 0 Å². The number of aliphatic hydroxyl groups is 1. The SMILES string of the molecule is OC(/C(Br)=N/Nc1c(Cl)cc(Cl)cc1Cl)c1ccccc1. The summed E-state index contributed by atoms with van der Waals surface area (Å²) in [5.41, 5.74) is 3.85. The van der Waals surface area contributed by atoms with Crippen LogP contribution in [-0.2, 0) is 0 Å². The molecule has 3 nitrogen and oxygen atoms in total. The van der Waals surface area contributed by atoms with Crippen molar-refractivity contribution in [1.29, 1.82) is 0 Å². The first-order chi connectivity index (χ1) is 9.99. The van der Waals surface area contributed by atoms with Gasteiger partial charge in [-0.05, 0) is 33.6 Å². The van der Waals surface area contributed by atoms with Gasteiger partial charge in [0.25, 0.3) is 0 Å². The van der Waals surface area contributed by atoms with Crippen LogP contribution in [-0.4, -0.2) is 9.73 Å². The molecule has 2 aromatic carbocycles. The van der Waals surface area contributed by atoms with Gasteiger partial charge in [0, 0.05) is 5.02 Å². The lowest BCUT2D eigenvalue weighted by Crippen LogP contribution is -2.07. The van der Waals surface area contributed by atoms with Crippen molar-refractivity contribution < 1.29 is 5.11 Å². The highest BCUT2D eigenvalue weighted by Crippen LogP contribution is 2.33. The molecule has 2 rings (SSSR count). The summed E-state index contributed by atoms with van der Waals surface area (Å²) in [6, 6.07) is 12.2. The van der Waals surface area contributed by atoms with Crippen molar-refractivity contribution >= 4 is 61.0 Å². The molecule has 2 aromatic rings. The lowest BCUT2D eigenvalue weighted by atomic mass is 10.1. The van der Waals surface area contributed by atoms with Gasteiger partial charge in [0.1, 0.15) is 10.7 Å². The van der Waals surface area contributed by atoms with Gasteiger partial charge in [-0.15, -0.1) is 0 Å². The zero-order valence-electron chi connectivity index (χ0n) is 10.5. The van der Waals surface area contributed by atoms with Crippen molar-refractivity contribution in [3.63, 3.8) is 0 Å². The number of anilines is 1. The van der Waals surface area contributed by atoms with E-state index in [1.54, 1.807) is 24.3 Å². The standard InChI is InChI=1S/C14H10BrCl3N2O/c15-14(13(21)8-4-2-1-3-5-8)20-19-12-10(17)6-9(16)7-11(12)18/h1-7,13,19,21H/b20-14-. The number of nitrogens with zero attached hydrogens (tertiary/aromatic N) is 1. The van der Waals surface area contributed by atoms with Crippen LogP contribution in [0.2, 0.25) is 15.1 Å². The predicted octanol–water partition coefficient (Wildman–Crippen LogP) is 5.50. The topological polar surface area (TPSA) is 44.6 Å². The van der Waals surface area contributed by atoms with Crippen LogP contribution < -0.4 is 5.43 Å². The van der Waals surface area contributed by atoms with E-state index in [4.69, 9.17) is 34.8 Å². The van der Waals surface area contributed by atoms with Crippen LogP contribution in [0.1, 0.15) is 11.7 Å². The summed E-state index contributed by atoms with van der Waals surface area (Å²) in [4.78, 5) is 0. The number of hydrogen-bond acceptors (Lipinski definition) is 3. The molecule has 0 fully saturated rings. The lowest BCUT2D eigenvalue weighted by Gasteiger charge is -2.11. The quantitative estimate of drug-likeness (QED) is 0.518. The number of benzene rings is 2. The number of hydrogen-bond donors (Lipinski definition) is 2. The van der Waals surface area contributed by atoms with Crippen LogP contribution in [0.4, 0.5) is 5.69 Å². The van der Waals surface area contributed by atoms with Crippen LogP contribution in [0.25, 0.3) is 0 Å². The van der Waals surface area contributed by atoms with Crippen LogP contribution in [0.15, 0.2) is 47.6 Å². The first-order valence-corrected chi connectivity index (χ1v) is 7.78. The minimum absolute atomic E-state index is 0.302. The minimum atomic E-state index is -0.886. The lowest BCUT2D eigenvalue weighted by molar-refractivity contribution is 0.251. The second kappa shape index (κ2) is 7.47. The molecular formula is C14H10BrCl3N2O. The summed E-state index contributed by atoms with van der Waals surface area (Å²) < 4.78 is 0.302. The molecule has 0 bridgehead atoms. The number of halogens is 4. The average Bonchev–Trinajstić information content (AvgIpc) is 2.46. The summed E-state index contributed by atoms with van der Waals surface area (Å²) in [6.45, 7) is 0. The van der Waals surface area contributed by atoms with E-state index < -0.39 is 6.10 Å². The van der Waals surface area contributed by atoms with Crippen molar-refractivity contribution in [3.05, 3.63) is 63.1 Å². The molecule has 7 heteroatoms. The fourth-order valence-electron chi connectivity index (χ4n) is 1.59. The van der Waals surface area contributed by atoms with Crippen molar-refractivity contribution in [2.24, 2.45) is 5.10 Å². The highest BCUT2D eigenvalue weighted by atomic mass is 79.9. The third kappa shape index (κ3) is 4.34. The highest BCUT2D eigenvalue weighted by molar-refractivity contribution is 9.18. The van der Waals surface area contributed by atoms with E-state index in [2.05, 4.69) is 26.5 Å². The molecule has 0 aliphatic heterocycles. The van der Waals surface area contributed by atoms with Gasteiger partial charge in [0.05, 0.1) is 15.7 Å². The van der Waals surface area contributed by atoms with E-state index in [0.29, 0.717) is 30.9 Å². The minimum Gasteiger partial charge on any atom is -0.381 e. The first kappa shape index (κ1) is 16.6. The Morgan fingerprint density at radius 1 is 1.10 bits per heavy atom. The van der Waals surface area contributed by atoms with Crippen LogP contribution in [0.5, 0.6) is 0 Å². The van der Waals surface area contributed by atoms with E-state index in [1.165, 1.54) is 0 Å². The molecule has 0 saturated carbocycles. The molecule has 21 heavy (non-hydrogen) atoms. The maximum Gasteiger partial charge on any atom is 0.136 e. The molecular weight excluding hydrogens is 398 g/mol. The number of hydrazone groups is 1. The average molecular weight is 409 g/mol. The van der Waals surface area contributed by atoms with Crippen LogP contribution in [0.3, 0.4) is 0 Å². The second-order valence-electron chi connectivity index (χ2n) is 4.10. The van der Waals surface area contributed by atoms with Gasteiger partial charge < -0.3 is 5.11 Å². The van der Waals surface area contributed by atoms with Gasteiger partial charge in [-0.1, -0.05) is 65.1 Å². The van der Waals surface area contributed by atoms with Crippen molar-refractivity contribution in [2.45, 2.75) is 6.10 Å². The van der Waals surface area contributed by atoms with E-state index in [0.717, 1.165) is 0 Å². The number of aliphatic hydroxyl groups excluding tert-OH is 1. The molecule has 0 radical (unpaired) electrons. The Morgan fingerprint density at radius 2 is 1.67 bits per heavy atom. The van der Waals surface area contributed by atoms with Gasteiger partial charge in [-0.3, -0.25) is 5.43 Å². The van der Waals surface area contributed by atoms with Crippen molar-refractivity contribution in [2.75, 3.05) is 5.43 Å². The Balaban J connectivity index is 2.18. The first-order valence-electron chi connectivity index (χ1n) is 5.85. The zero-order chi connectivity index (χ0) is 15.4. The molecule has 1 unspecified atom stereocenters. The monoisotopic (exact) mass is 406 g/mol. The van der Waals surface area contributed by atoms with E-state index >= 15 is 0 Å². The molecule has 0 aromatic heterocycles. The largest absolute Gasteiger partial charge is 0.381 e. The molecule has 0 aliphatic rings. The molecule has 0 aliphatic carbocycles. The Bertz CT molecular complexity index is 642. The smallest absolute Gasteiger partial charge is 0.136 e. The summed E-state index contributed by atoms with van der Waals surface area (Å²) >= 11 is 21.1. The third-order valence-corrected chi connectivity index (χ3v) is 4.05. The highest BCUT2D eigenvalue weighted by Gasteiger charge is 2.13. The molecule has 1 atom stereocenters. The molecule has 110 valence electrons. The number of nitrogens with one attached hydrogen (secondary N) is 1. The molecule has 0 heterocycles. The Hall–Kier alpha value is -0.780. The van der Waals surface area contributed by atoms with Gasteiger partial charge in [0.15, 0.2) is 0 Å². The van der Waals surface area contributed by atoms with Crippen LogP contribution in [0, 0.1) is 0 Å². The molecule has 0 saturated heterocycles. The maximum absolute atomic E-state index is 10.1. The van der Waals surface area contributed by atoms with Gasteiger partial charge >= 0.3 is 0 Å². The summed E-state index contributed by atoms with van der Waals surface area (Å²) in [5.74, 6) is 0. The predicted molar refractivity (Wildman–Crippen MR) is 92.9 cm³/mol. The Labute approximate surface area is 145 Å². The van der Waals surface area contributed by atoms with E-state index in [-0.39, 0.29) is 0 Å².